The SMILES string of the molecule is CC(CCCNC(=O)c1ccccc1)C(=O)O. The molecule has 17 heavy (non-hydrogen) atoms. The number of carbonyl (C=O) groups excluding carboxylic acids is 1. The van der Waals surface area contributed by atoms with Crippen molar-refractivity contribution >= 4 is 11.9 Å². The molecule has 1 amide bonds. The second kappa shape index (κ2) is 6.68. The van der Waals surface area contributed by atoms with Crippen LogP contribution >= 0.6 is 0 Å². The summed E-state index contributed by atoms with van der Waals surface area (Å²) in [5, 5.41) is 11.4. The number of hydrogen-bond acceptors (Lipinski definition) is 2. The normalized spacial score (nSPS) is 11.8. The molecule has 0 saturated heterocycles. The minimum Gasteiger partial charge on any atom is -0.481 e. The van der Waals surface area contributed by atoms with Gasteiger partial charge in [-0.1, -0.05) is 25.1 Å². The molecule has 92 valence electrons. The maximum Gasteiger partial charge on any atom is 0.306 e. The van der Waals surface area contributed by atoms with E-state index in [0.29, 0.717) is 24.9 Å². The van der Waals surface area contributed by atoms with Crippen molar-refractivity contribution in [2.75, 3.05) is 6.54 Å². The lowest BCUT2D eigenvalue weighted by molar-refractivity contribution is -0.141. The van der Waals surface area contributed by atoms with E-state index in [1.165, 1.54) is 0 Å². The van der Waals surface area contributed by atoms with Crippen LogP contribution in [0.2, 0.25) is 0 Å². The van der Waals surface area contributed by atoms with E-state index in [9.17, 15) is 9.59 Å². The number of nitrogens with one attached hydrogen (secondary N) is 1. The van der Waals surface area contributed by atoms with Gasteiger partial charge in [0, 0.05) is 12.1 Å². The van der Waals surface area contributed by atoms with E-state index in [0.717, 1.165) is 0 Å². The molecule has 0 spiro atoms. The second-order valence-corrected chi connectivity index (χ2v) is 4.00. The molecule has 1 unspecified atom stereocenters. The molecule has 0 heterocycles. The van der Waals surface area contributed by atoms with Gasteiger partial charge in [-0.05, 0) is 25.0 Å². The first-order valence-electron chi connectivity index (χ1n) is 5.67. The van der Waals surface area contributed by atoms with Crippen LogP contribution in [0.3, 0.4) is 0 Å². The first-order chi connectivity index (χ1) is 8.11. The van der Waals surface area contributed by atoms with Crippen molar-refractivity contribution in [1.29, 1.82) is 0 Å². The molecule has 0 aliphatic heterocycles. The van der Waals surface area contributed by atoms with Gasteiger partial charge < -0.3 is 10.4 Å². The molecule has 0 aromatic heterocycles. The van der Waals surface area contributed by atoms with E-state index in [2.05, 4.69) is 5.32 Å². The molecular weight excluding hydrogens is 218 g/mol. The van der Waals surface area contributed by atoms with E-state index in [-0.39, 0.29) is 11.8 Å². The lowest BCUT2D eigenvalue weighted by atomic mass is 10.1. The van der Waals surface area contributed by atoms with Crippen molar-refractivity contribution in [3.05, 3.63) is 35.9 Å². The summed E-state index contributed by atoms with van der Waals surface area (Å²) in [5.41, 5.74) is 0.624. The molecule has 0 bridgehead atoms. The van der Waals surface area contributed by atoms with Crippen LogP contribution in [-0.2, 0) is 4.79 Å². The van der Waals surface area contributed by atoms with E-state index in [4.69, 9.17) is 5.11 Å². The second-order valence-electron chi connectivity index (χ2n) is 4.00. The monoisotopic (exact) mass is 235 g/mol. The van der Waals surface area contributed by atoms with Gasteiger partial charge in [-0.15, -0.1) is 0 Å². The Morgan fingerprint density at radius 1 is 1.29 bits per heavy atom. The summed E-state index contributed by atoms with van der Waals surface area (Å²) in [4.78, 5) is 22.2. The summed E-state index contributed by atoms with van der Waals surface area (Å²) >= 11 is 0. The summed E-state index contributed by atoms with van der Waals surface area (Å²) in [5.74, 6) is -1.27. The van der Waals surface area contributed by atoms with Crippen molar-refractivity contribution in [2.45, 2.75) is 19.8 Å². The summed E-state index contributed by atoms with van der Waals surface area (Å²) in [6, 6.07) is 8.96. The minimum atomic E-state index is -0.792. The van der Waals surface area contributed by atoms with Crippen LogP contribution in [0.25, 0.3) is 0 Å². The van der Waals surface area contributed by atoms with Crippen LogP contribution in [0.4, 0.5) is 0 Å². The molecule has 0 aliphatic rings. The predicted octanol–water partition coefficient (Wildman–Crippen LogP) is 1.92. The van der Waals surface area contributed by atoms with Gasteiger partial charge >= 0.3 is 5.97 Å². The van der Waals surface area contributed by atoms with Crippen molar-refractivity contribution < 1.29 is 14.7 Å². The fraction of sp³-hybridized carbons (Fsp3) is 0.385. The summed E-state index contributed by atoms with van der Waals surface area (Å²) in [6.45, 7) is 2.17. The number of benzene rings is 1. The molecule has 1 aromatic rings. The zero-order chi connectivity index (χ0) is 12.7. The Balaban J connectivity index is 2.24. The number of aliphatic carboxylic acids is 1. The van der Waals surface area contributed by atoms with Gasteiger partial charge in [-0.2, -0.15) is 0 Å². The fourth-order valence-corrected chi connectivity index (χ4v) is 1.43. The van der Waals surface area contributed by atoms with E-state index in [1.807, 2.05) is 6.07 Å². The Morgan fingerprint density at radius 2 is 1.94 bits per heavy atom. The highest BCUT2D eigenvalue weighted by molar-refractivity contribution is 5.94. The Hall–Kier alpha value is -1.84. The molecule has 0 fully saturated rings. The first kappa shape index (κ1) is 13.2. The van der Waals surface area contributed by atoms with Crippen LogP contribution in [0, 0.1) is 5.92 Å². The zero-order valence-electron chi connectivity index (χ0n) is 9.85. The molecular formula is C13H17NO3. The third-order valence-electron chi connectivity index (χ3n) is 2.56. The van der Waals surface area contributed by atoms with Gasteiger partial charge in [0.1, 0.15) is 0 Å². The number of carbonyl (C=O) groups is 2. The molecule has 4 heteroatoms. The molecule has 0 aliphatic carbocycles. The van der Waals surface area contributed by atoms with Crippen molar-refractivity contribution in [3.63, 3.8) is 0 Å². The number of hydrogen-bond donors (Lipinski definition) is 2. The van der Waals surface area contributed by atoms with Crippen LogP contribution in [0.1, 0.15) is 30.1 Å². The van der Waals surface area contributed by atoms with Gasteiger partial charge in [0.15, 0.2) is 0 Å². The van der Waals surface area contributed by atoms with E-state index < -0.39 is 5.97 Å². The molecule has 0 radical (unpaired) electrons. The first-order valence-corrected chi connectivity index (χ1v) is 5.67. The fourth-order valence-electron chi connectivity index (χ4n) is 1.43. The third kappa shape index (κ3) is 4.68. The Labute approximate surface area is 101 Å². The standard InChI is InChI=1S/C13H17NO3/c1-10(13(16)17)6-5-9-14-12(15)11-7-3-2-4-8-11/h2-4,7-8,10H,5-6,9H2,1H3,(H,14,15)(H,16,17). The van der Waals surface area contributed by atoms with Gasteiger partial charge in [0.25, 0.3) is 5.91 Å². The quantitative estimate of drug-likeness (QED) is 0.740. The highest BCUT2D eigenvalue weighted by atomic mass is 16.4. The highest BCUT2D eigenvalue weighted by Crippen LogP contribution is 2.04. The molecule has 1 aromatic carbocycles. The van der Waals surface area contributed by atoms with Crippen LogP contribution < -0.4 is 5.32 Å². The van der Waals surface area contributed by atoms with Crippen LogP contribution in [0.15, 0.2) is 30.3 Å². The Kier molecular flexibility index (Phi) is 5.20. The molecule has 1 rings (SSSR count). The summed E-state index contributed by atoms with van der Waals surface area (Å²) in [6.07, 6.45) is 1.25. The van der Waals surface area contributed by atoms with Gasteiger partial charge in [0.05, 0.1) is 5.92 Å². The number of rotatable bonds is 6. The highest BCUT2D eigenvalue weighted by Gasteiger charge is 2.10. The number of amides is 1. The Bertz CT molecular complexity index is 376. The average Bonchev–Trinajstić information content (AvgIpc) is 2.35. The lowest BCUT2D eigenvalue weighted by Crippen LogP contribution is -2.25. The summed E-state index contributed by atoms with van der Waals surface area (Å²) in [7, 11) is 0. The number of carboxylic acid groups (broad SMARTS) is 1. The van der Waals surface area contributed by atoms with Crippen molar-refractivity contribution in [2.24, 2.45) is 5.92 Å². The maximum absolute atomic E-state index is 11.6. The molecule has 2 N–H and O–H groups in total. The Morgan fingerprint density at radius 3 is 2.53 bits per heavy atom. The predicted molar refractivity (Wildman–Crippen MR) is 64.8 cm³/mol. The lowest BCUT2D eigenvalue weighted by Gasteiger charge is -2.07. The molecule has 4 nitrogen and oxygen atoms in total. The van der Waals surface area contributed by atoms with Crippen LogP contribution in [-0.4, -0.2) is 23.5 Å². The van der Waals surface area contributed by atoms with Crippen molar-refractivity contribution in [3.8, 4) is 0 Å². The smallest absolute Gasteiger partial charge is 0.306 e. The maximum atomic E-state index is 11.6. The zero-order valence-corrected chi connectivity index (χ0v) is 9.85. The third-order valence-corrected chi connectivity index (χ3v) is 2.56. The largest absolute Gasteiger partial charge is 0.481 e. The van der Waals surface area contributed by atoms with Gasteiger partial charge in [-0.3, -0.25) is 9.59 Å². The van der Waals surface area contributed by atoms with Crippen LogP contribution in [0.5, 0.6) is 0 Å². The minimum absolute atomic E-state index is 0.117. The van der Waals surface area contributed by atoms with E-state index in [1.54, 1.807) is 31.2 Å². The number of carboxylic acids is 1. The summed E-state index contributed by atoms with van der Waals surface area (Å²) < 4.78 is 0. The van der Waals surface area contributed by atoms with Gasteiger partial charge in [0.2, 0.25) is 0 Å². The average molecular weight is 235 g/mol. The van der Waals surface area contributed by atoms with Crippen molar-refractivity contribution in [1.82, 2.24) is 5.32 Å². The van der Waals surface area contributed by atoms with Gasteiger partial charge in [-0.25, -0.2) is 0 Å². The van der Waals surface area contributed by atoms with E-state index >= 15 is 0 Å². The molecule has 1 atom stereocenters. The molecule has 0 saturated carbocycles. The topological polar surface area (TPSA) is 66.4 Å².